The Kier molecular flexibility index (Phi) is 6.87. The van der Waals surface area contributed by atoms with E-state index in [-0.39, 0.29) is 12.0 Å². The number of rotatable bonds is 5. The van der Waals surface area contributed by atoms with Crippen LogP contribution < -0.4 is 10.2 Å². The third-order valence-corrected chi connectivity index (χ3v) is 6.28. The molecule has 1 fully saturated rings. The van der Waals surface area contributed by atoms with Gasteiger partial charge in [0.05, 0.1) is 5.92 Å². The zero-order valence-electron chi connectivity index (χ0n) is 18.2. The lowest BCUT2D eigenvalue weighted by atomic mass is 9.86. The number of ether oxygens (including phenoxy) is 1. The molecule has 1 saturated heterocycles. The van der Waals surface area contributed by atoms with Crippen molar-refractivity contribution in [2.24, 2.45) is 5.92 Å². The van der Waals surface area contributed by atoms with E-state index in [1.807, 2.05) is 60.5 Å². The largest absolute Gasteiger partial charge is 0.489 e. The molecule has 32 heavy (non-hydrogen) atoms. The Bertz CT molecular complexity index is 964. The highest BCUT2D eigenvalue weighted by Crippen LogP contribution is 2.29. The van der Waals surface area contributed by atoms with E-state index in [2.05, 4.69) is 18.2 Å². The van der Waals surface area contributed by atoms with Gasteiger partial charge in [0.1, 0.15) is 17.9 Å². The van der Waals surface area contributed by atoms with Crippen molar-refractivity contribution in [3.8, 4) is 5.75 Å². The number of carbonyl (C=O) groups excluding carboxylic acids is 2. The fourth-order valence-electron chi connectivity index (χ4n) is 4.67. The minimum Gasteiger partial charge on any atom is -0.489 e. The molecule has 7 heteroatoms. The van der Waals surface area contributed by atoms with Gasteiger partial charge in [-0.2, -0.15) is 0 Å². The minimum atomic E-state index is -0.709. The fraction of sp³-hybridized carbons (Fsp3) is 0.360. The summed E-state index contributed by atoms with van der Waals surface area (Å²) in [5.74, 6) is -0.649. The molecule has 2 aromatic rings. The van der Waals surface area contributed by atoms with Crippen molar-refractivity contribution in [2.45, 2.75) is 25.0 Å². The molecule has 2 aliphatic rings. The second-order valence-electron chi connectivity index (χ2n) is 8.39. The number of carbonyl (C=O) groups is 2. The van der Waals surface area contributed by atoms with Crippen molar-refractivity contribution >= 4 is 17.4 Å². The molecule has 0 spiro atoms. The maximum Gasteiger partial charge on any atom is 0.248 e. The summed E-state index contributed by atoms with van der Waals surface area (Å²) >= 11 is 0. The predicted molar refractivity (Wildman–Crippen MR) is 121 cm³/mol. The normalized spacial score (nSPS) is 23.9. The number of piperidine rings is 1. The van der Waals surface area contributed by atoms with Crippen molar-refractivity contribution in [3.63, 3.8) is 0 Å². The smallest absolute Gasteiger partial charge is 0.248 e. The fourth-order valence-corrected chi connectivity index (χ4v) is 4.67. The Morgan fingerprint density at radius 1 is 1.06 bits per heavy atom. The van der Waals surface area contributed by atoms with E-state index in [4.69, 9.17) is 4.74 Å². The first-order valence-electron chi connectivity index (χ1n) is 11.0. The second-order valence-corrected chi connectivity index (χ2v) is 8.39. The first-order chi connectivity index (χ1) is 15.6. The maximum atomic E-state index is 13.5. The Labute approximate surface area is 188 Å². The Morgan fingerprint density at radius 3 is 2.38 bits per heavy atom. The molecule has 2 amide bonds. The lowest BCUT2D eigenvalue weighted by Gasteiger charge is -2.43. The molecular formula is C25H29N3O4. The SMILES string of the molecule is CN1C[C@@H](Oc2ccccc2)C[C@H](C(=O)NO)[C@H]1C(=O)N1CC=C(c2ccccc2)CC1. The van der Waals surface area contributed by atoms with Crippen LogP contribution in [0, 0.1) is 5.92 Å². The Balaban J connectivity index is 1.47. The van der Waals surface area contributed by atoms with Crippen molar-refractivity contribution in [1.29, 1.82) is 0 Å². The number of nitrogens with zero attached hydrogens (tertiary/aromatic N) is 2. The third kappa shape index (κ3) is 4.84. The molecule has 3 atom stereocenters. The summed E-state index contributed by atoms with van der Waals surface area (Å²) in [6, 6.07) is 18.9. The average Bonchev–Trinajstić information content (AvgIpc) is 2.84. The van der Waals surface area contributed by atoms with E-state index < -0.39 is 17.9 Å². The van der Waals surface area contributed by atoms with Crippen LogP contribution in [0.4, 0.5) is 0 Å². The van der Waals surface area contributed by atoms with E-state index in [0.29, 0.717) is 31.8 Å². The van der Waals surface area contributed by atoms with Crippen LogP contribution in [0.1, 0.15) is 18.4 Å². The Hall–Kier alpha value is -3.16. The number of likely N-dealkylation sites (tertiary alicyclic amines) is 1. The van der Waals surface area contributed by atoms with Gasteiger partial charge in [0.15, 0.2) is 0 Å². The highest BCUT2D eigenvalue weighted by Gasteiger charge is 2.45. The van der Waals surface area contributed by atoms with Crippen LogP contribution in [-0.4, -0.2) is 65.6 Å². The van der Waals surface area contributed by atoms with E-state index >= 15 is 0 Å². The molecule has 0 radical (unpaired) electrons. The van der Waals surface area contributed by atoms with Gasteiger partial charge in [0.2, 0.25) is 11.8 Å². The number of hydrogen-bond acceptors (Lipinski definition) is 5. The first kappa shape index (κ1) is 22.0. The minimum absolute atomic E-state index is 0.0948. The van der Waals surface area contributed by atoms with Crippen LogP contribution in [0.5, 0.6) is 5.75 Å². The summed E-state index contributed by atoms with van der Waals surface area (Å²) in [6.07, 6.45) is 2.94. The van der Waals surface area contributed by atoms with Crippen LogP contribution in [0.3, 0.4) is 0 Å². The molecule has 168 valence electrons. The highest BCUT2D eigenvalue weighted by molar-refractivity contribution is 5.90. The van der Waals surface area contributed by atoms with Crippen molar-refractivity contribution in [3.05, 3.63) is 72.3 Å². The molecule has 0 bridgehead atoms. The standard InChI is InChI=1S/C25H29N3O4/c1-27-17-21(32-20-10-6-3-7-11-20)16-22(24(29)26-31)23(27)25(30)28-14-12-19(13-15-28)18-8-4-2-5-9-18/h2-12,21-23,31H,13-17H2,1H3,(H,26,29)/t21-,22-,23-/m0/s1. The van der Waals surface area contributed by atoms with Crippen molar-refractivity contribution < 1.29 is 19.5 Å². The molecule has 0 saturated carbocycles. The summed E-state index contributed by atoms with van der Waals surface area (Å²) in [5.41, 5.74) is 4.16. The van der Waals surface area contributed by atoms with Gasteiger partial charge in [-0.15, -0.1) is 0 Å². The molecule has 0 aromatic heterocycles. The number of hydroxylamine groups is 1. The third-order valence-electron chi connectivity index (χ3n) is 6.28. The number of para-hydroxylation sites is 1. The van der Waals surface area contributed by atoms with Gasteiger partial charge < -0.3 is 9.64 Å². The van der Waals surface area contributed by atoms with Gasteiger partial charge >= 0.3 is 0 Å². The van der Waals surface area contributed by atoms with Gasteiger partial charge in [-0.1, -0.05) is 54.6 Å². The molecule has 2 aliphatic heterocycles. The monoisotopic (exact) mass is 435 g/mol. The van der Waals surface area contributed by atoms with Crippen molar-refractivity contribution in [1.82, 2.24) is 15.3 Å². The maximum absolute atomic E-state index is 13.5. The molecule has 4 rings (SSSR count). The summed E-state index contributed by atoms with van der Waals surface area (Å²) in [7, 11) is 1.83. The van der Waals surface area contributed by atoms with E-state index in [1.165, 1.54) is 11.1 Å². The number of nitrogens with one attached hydrogen (secondary N) is 1. The molecule has 0 aliphatic carbocycles. The molecule has 7 nitrogen and oxygen atoms in total. The summed E-state index contributed by atoms with van der Waals surface area (Å²) in [5, 5.41) is 9.33. The second kappa shape index (κ2) is 9.97. The van der Waals surface area contributed by atoms with Crippen LogP contribution >= 0.6 is 0 Å². The summed E-state index contributed by atoms with van der Waals surface area (Å²) in [4.78, 5) is 29.6. The summed E-state index contributed by atoms with van der Waals surface area (Å²) in [6.45, 7) is 1.62. The molecule has 2 aromatic carbocycles. The van der Waals surface area contributed by atoms with Crippen LogP contribution in [0.15, 0.2) is 66.7 Å². The topological polar surface area (TPSA) is 82.1 Å². The van der Waals surface area contributed by atoms with Crippen LogP contribution in [0.25, 0.3) is 5.57 Å². The van der Waals surface area contributed by atoms with Crippen LogP contribution in [0.2, 0.25) is 0 Å². The zero-order chi connectivity index (χ0) is 22.5. The van der Waals surface area contributed by atoms with Gasteiger partial charge in [0.25, 0.3) is 0 Å². The van der Waals surface area contributed by atoms with E-state index in [0.717, 1.165) is 6.42 Å². The van der Waals surface area contributed by atoms with E-state index in [1.54, 1.807) is 10.4 Å². The lowest BCUT2D eigenvalue weighted by molar-refractivity contribution is -0.151. The highest BCUT2D eigenvalue weighted by atomic mass is 16.5. The van der Waals surface area contributed by atoms with E-state index in [9.17, 15) is 14.8 Å². The number of amides is 2. The van der Waals surface area contributed by atoms with Crippen LogP contribution in [-0.2, 0) is 9.59 Å². The average molecular weight is 436 g/mol. The summed E-state index contributed by atoms with van der Waals surface area (Å²) < 4.78 is 6.05. The molecule has 2 N–H and O–H groups in total. The zero-order valence-corrected chi connectivity index (χ0v) is 18.2. The molecule has 2 heterocycles. The first-order valence-corrected chi connectivity index (χ1v) is 11.0. The molecular weight excluding hydrogens is 406 g/mol. The predicted octanol–water partition coefficient (Wildman–Crippen LogP) is 2.58. The number of likely N-dealkylation sites (N-methyl/N-ethyl adjacent to an activating group) is 1. The Morgan fingerprint density at radius 2 is 1.75 bits per heavy atom. The lowest BCUT2D eigenvalue weighted by Crippen LogP contribution is -2.60. The van der Waals surface area contributed by atoms with Gasteiger partial charge in [-0.3, -0.25) is 19.7 Å². The number of benzene rings is 2. The van der Waals surface area contributed by atoms with Crippen molar-refractivity contribution in [2.75, 3.05) is 26.7 Å². The van der Waals surface area contributed by atoms with Gasteiger partial charge in [-0.05, 0) is 43.2 Å². The van der Waals surface area contributed by atoms with Gasteiger partial charge in [-0.25, -0.2) is 5.48 Å². The van der Waals surface area contributed by atoms with Gasteiger partial charge in [0, 0.05) is 19.6 Å². The number of hydrogen-bond donors (Lipinski definition) is 2. The quantitative estimate of drug-likeness (QED) is 0.557. The molecule has 0 unspecified atom stereocenters.